The van der Waals surface area contributed by atoms with Crippen molar-refractivity contribution in [3.63, 3.8) is 0 Å². The molecule has 1 aliphatic rings. The molecule has 4 aromatic rings. The number of likely N-dealkylation sites (N-methyl/N-ethyl adjacent to an activating group) is 2. The topological polar surface area (TPSA) is 151 Å². The molecule has 2 N–H and O–H groups in total. The van der Waals surface area contributed by atoms with Crippen molar-refractivity contribution in [3.8, 4) is 11.5 Å². The van der Waals surface area contributed by atoms with Gasteiger partial charge >= 0.3 is 6.09 Å². The second-order valence-corrected chi connectivity index (χ2v) is 16.0. The summed E-state index contributed by atoms with van der Waals surface area (Å²) in [6.07, 6.45) is 1.52. The maximum absolute atomic E-state index is 13.9. The number of hydrogen-bond donors (Lipinski definition) is 2. The van der Waals surface area contributed by atoms with Gasteiger partial charge in [0.25, 0.3) is 11.8 Å². The van der Waals surface area contributed by atoms with E-state index in [9.17, 15) is 19.2 Å². The van der Waals surface area contributed by atoms with Gasteiger partial charge in [0.15, 0.2) is 0 Å². The number of hydrogen-bond acceptors (Lipinski definition) is 12. The Hall–Kier alpha value is -5.89. The molecule has 1 saturated heterocycles. The van der Waals surface area contributed by atoms with Crippen LogP contribution in [0.4, 0.5) is 22.1 Å². The Bertz CT molecular complexity index is 2180. The predicted molar refractivity (Wildman–Crippen MR) is 231 cm³/mol. The molecule has 5 rings (SSSR count). The smallest absolute Gasteiger partial charge is 0.421 e. The van der Waals surface area contributed by atoms with Gasteiger partial charge in [-0.05, 0) is 116 Å². The van der Waals surface area contributed by atoms with E-state index in [1.165, 1.54) is 22.6 Å². The number of nitrogens with zero attached hydrogens (tertiary/aromatic N) is 6. The monoisotopic (exact) mass is 810 g/mol. The van der Waals surface area contributed by atoms with Crippen LogP contribution in [-0.4, -0.2) is 135 Å². The number of carbonyl (C=O) groups excluding carboxylic acids is 4. The lowest BCUT2D eigenvalue weighted by Gasteiger charge is -2.34. The average Bonchev–Trinajstić information content (AvgIpc) is 3.57. The number of unbranched alkanes of at least 4 members (excludes halogenated alkanes) is 1. The van der Waals surface area contributed by atoms with E-state index >= 15 is 0 Å². The van der Waals surface area contributed by atoms with Crippen molar-refractivity contribution >= 4 is 52.2 Å². The molecule has 0 atom stereocenters. The summed E-state index contributed by atoms with van der Waals surface area (Å²) in [6, 6.07) is 15.5. The SMILES string of the molecule is COc1cc(C(=O)N(C)c2ccc(C)cc2OCCCCC(=C=O)N2CCN(C)CC2)ccc1C(=O)Nc1cccc2c1nc(NCCN(C)C)n2C(=O)OC(C)(C)C. The highest BCUT2D eigenvalue weighted by Gasteiger charge is 2.26. The van der Waals surface area contributed by atoms with Crippen molar-refractivity contribution < 1.29 is 33.4 Å². The van der Waals surface area contributed by atoms with E-state index in [0.29, 0.717) is 65.5 Å². The summed E-state index contributed by atoms with van der Waals surface area (Å²) < 4.78 is 18.9. The summed E-state index contributed by atoms with van der Waals surface area (Å²) in [5, 5.41) is 6.15. The van der Waals surface area contributed by atoms with E-state index in [4.69, 9.17) is 19.2 Å². The molecule has 0 saturated carbocycles. The Morgan fingerprint density at radius 3 is 2.37 bits per heavy atom. The summed E-state index contributed by atoms with van der Waals surface area (Å²) in [5.41, 5.74) is 3.23. The van der Waals surface area contributed by atoms with E-state index in [1.807, 2.05) is 44.1 Å². The molecule has 1 fully saturated rings. The molecule has 15 nitrogen and oxygen atoms in total. The van der Waals surface area contributed by atoms with Gasteiger partial charge in [-0.25, -0.2) is 19.1 Å². The molecule has 15 heteroatoms. The third-order valence-electron chi connectivity index (χ3n) is 9.89. The van der Waals surface area contributed by atoms with Crippen molar-refractivity contribution in [1.82, 2.24) is 24.3 Å². The first-order valence-corrected chi connectivity index (χ1v) is 19.9. The first-order valence-electron chi connectivity index (χ1n) is 19.9. The summed E-state index contributed by atoms with van der Waals surface area (Å²) in [4.78, 5) is 65.4. The fourth-order valence-corrected chi connectivity index (χ4v) is 6.65. The molecule has 59 heavy (non-hydrogen) atoms. The molecule has 3 aromatic carbocycles. The molecular formula is C44H58N8O7. The number of aromatic nitrogens is 2. The molecule has 0 bridgehead atoms. The number of allylic oxidation sites excluding steroid dienone is 1. The lowest BCUT2D eigenvalue weighted by molar-refractivity contribution is 0.0546. The van der Waals surface area contributed by atoms with Crippen molar-refractivity contribution in [2.45, 2.75) is 52.6 Å². The Labute approximate surface area is 346 Å². The summed E-state index contributed by atoms with van der Waals surface area (Å²) >= 11 is 0. The summed E-state index contributed by atoms with van der Waals surface area (Å²) in [5.74, 6) is 2.36. The molecule has 2 heterocycles. The Morgan fingerprint density at radius 1 is 0.949 bits per heavy atom. The van der Waals surface area contributed by atoms with E-state index in [2.05, 4.69) is 33.4 Å². The minimum Gasteiger partial charge on any atom is -0.496 e. The van der Waals surface area contributed by atoms with E-state index in [-0.39, 0.29) is 23.2 Å². The van der Waals surface area contributed by atoms with Gasteiger partial charge < -0.3 is 44.4 Å². The first-order chi connectivity index (χ1) is 28.1. The number of methoxy groups -OCH3 is 1. The van der Waals surface area contributed by atoms with Crippen LogP contribution in [0.25, 0.3) is 11.0 Å². The van der Waals surface area contributed by atoms with Crippen molar-refractivity contribution in [3.05, 3.63) is 77.0 Å². The number of ether oxygens (including phenoxy) is 3. The fourth-order valence-electron chi connectivity index (χ4n) is 6.65. The van der Waals surface area contributed by atoms with Crippen LogP contribution in [0.1, 0.15) is 66.3 Å². The zero-order valence-corrected chi connectivity index (χ0v) is 35.8. The third kappa shape index (κ3) is 11.4. The van der Waals surface area contributed by atoms with Crippen LogP contribution in [0.2, 0.25) is 0 Å². The third-order valence-corrected chi connectivity index (χ3v) is 9.89. The van der Waals surface area contributed by atoms with Gasteiger partial charge in [-0.1, -0.05) is 12.1 Å². The number of piperazine rings is 1. The van der Waals surface area contributed by atoms with Crippen LogP contribution in [0.3, 0.4) is 0 Å². The number of aryl methyl sites for hydroxylation is 1. The minimum atomic E-state index is -0.748. The van der Waals surface area contributed by atoms with Crippen molar-refractivity contribution in [2.24, 2.45) is 0 Å². The normalized spacial score (nSPS) is 13.2. The second kappa shape index (κ2) is 19.7. The molecule has 0 unspecified atom stereocenters. The van der Waals surface area contributed by atoms with E-state index < -0.39 is 17.6 Å². The number of rotatable bonds is 16. The predicted octanol–water partition coefficient (Wildman–Crippen LogP) is 6.15. The number of nitrogens with one attached hydrogen (secondary N) is 2. The highest BCUT2D eigenvalue weighted by atomic mass is 16.6. The Morgan fingerprint density at radius 2 is 1.69 bits per heavy atom. The van der Waals surface area contributed by atoms with Gasteiger partial charge in [0.05, 0.1) is 41.9 Å². The van der Waals surface area contributed by atoms with E-state index in [0.717, 1.165) is 44.6 Å². The van der Waals surface area contributed by atoms with Gasteiger partial charge in [0.2, 0.25) is 5.95 Å². The molecule has 0 radical (unpaired) electrons. The van der Waals surface area contributed by atoms with Gasteiger partial charge in [-0.2, -0.15) is 0 Å². The molecule has 2 amide bonds. The zero-order valence-electron chi connectivity index (χ0n) is 35.8. The maximum atomic E-state index is 13.9. The number of para-hydroxylation sites is 1. The standard InChI is InChI=1S/C44H58N8O7/c1-30-16-19-35(38(27-30)58-26-11-10-13-32(29-53)51-24-22-49(7)23-25-51)50(8)41(55)31-17-18-33(37(28-31)57-9)40(54)46-34-14-12-15-36-39(34)47-42(45-20-21-48(5)6)52(36)43(56)59-44(2,3)4/h12,14-19,27-28H,10-11,13,20-26H2,1-9H3,(H,45,47)(H,46,54). The Balaban J connectivity index is 1.29. The molecule has 1 aromatic heterocycles. The molecule has 1 aliphatic heterocycles. The Kier molecular flexibility index (Phi) is 14.8. The first kappa shape index (κ1) is 44.2. The molecule has 316 valence electrons. The van der Waals surface area contributed by atoms with Gasteiger partial charge in [0.1, 0.15) is 28.6 Å². The fraction of sp³-hybridized carbons (Fsp3) is 0.455. The summed E-state index contributed by atoms with van der Waals surface area (Å²) in [7, 11) is 9.08. The lowest BCUT2D eigenvalue weighted by Crippen LogP contribution is -2.44. The van der Waals surface area contributed by atoms with Crippen LogP contribution in [0.15, 0.2) is 60.3 Å². The van der Waals surface area contributed by atoms with Crippen LogP contribution < -0.4 is 25.0 Å². The van der Waals surface area contributed by atoms with Crippen LogP contribution in [-0.2, 0) is 9.53 Å². The second-order valence-electron chi connectivity index (χ2n) is 16.0. The zero-order chi connectivity index (χ0) is 42.9. The number of imidazole rings is 1. The molecule has 0 aliphatic carbocycles. The van der Waals surface area contributed by atoms with Gasteiger partial charge in [-0.3, -0.25) is 9.59 Å². The van der Waals surface area contributed by atoms with Crippen molar-refractivity contribution in [2.75, 3.05) is 96.7 Å². The number of anilines is 3. The number of fused-ring (bicyclic) bond motifs is 1. The largest absolute Gasteiger partial charge is 0.496 e. The van der Waals surface area contributed by atoms with Crippen molar-refractivity contribution in [1.29, 1.82) is 0 Å². The average molecular weight is 811 g/mol. The lowest BCUT2D eigenvalue weighted by atomic mass is 10.1. The highest BCUT2D eigenvalue weighted by Crippen LogP contribution is 2.32. The van der Waals surface area contributed by atoms with Crippen LogP contribution in [0, 0.1) is 6.92 Å². The van der Waals surface area contributed by atoms with Crippen LogP contribution >= 0.6 is 0 Å². The van der Waals surface area contributed by atoms with Gasteiger partial charge in [0, 0.05) is 51.9 Å². The maximum Gasteiger partial charge on any atom is 0.421 e. The number of carbonyl (C=O) groups is 3. The highest BCUT2D eigenvalue weighted by molar-refractivity contribution is 6.12. The van der Waals surface area contributed by atoms with Crippen LogP contribution in [0.5, 0.6) is 11.5 Å². The number of benzene rings is 3. The summed E-state index contributed by atoms with van der Waals surface area (Å²) in [6.45, 7) is 12.4. The molecular weight excluding hydrogens is 753 g/mol. The number of amides is 2. The minimum absolute atomic E-state index is 0.194. The molecule has 0 spiro atoms. The quantitative estimate of drug-likeness (QED) is 0.0987. The van der Waals surface area contributed by atoms with Gasteiger partial charge in [-0.15, -0.1) is 0 Å². The van der Waals surface area contributed by atoms with E-state index in [1.54, 1.807) is 58.2 Å².